The highest BCUT2D eigenvalue weighted by atomic mass is 19.1. The summed E-state index contributed by atoms with van der Waals surface area (Å²) in [6.45, 7) is 1.23. The number of halogens is 1. The molecule has 0 aliphatic heterocycles. The maximum absolute atomic E-state index is 13.1. The Bertz CT molecular complexity index is 869. The largest absolute Gasteiger partial charge is 0.493 e. The molecule has 0 spiro atoms. The lowest BCUT2D eigenvalue weighted by molar-refractivity contribution is 0.174. The third-order valence-corrected chi connectivity index (χ3v) is 4.41. The second-order valence-electron chi connectivity index (χ2n) is 6.42. The molecule has 3 aromatic rings. The lowest BCUT2D eigenvalue weighted by Gasteiger charge is -2.17. The van der Waals surface area contributed by atoms with Crippen LogP contribution >= 0.6 is 0 Å². The van der Waals surface area contributed by atoms with Gasteiger partial charge in [0.05, 0.1) is 13.2 Å². The molecule has 0 heterocycles. The van der Waals surface area contributed by atoms with E-state index in [0.717, 1.165) is 16.7 Å². The molecule has 146 valence electrons. The average molecular weight is 381 g/mol. The molecule has 3 rings (SSSR count). The molecule has 1 atom stereocenters. The number of hydrogen-bond donors (Lipinski definition) is 2. The van der Waals surface area contributed by atoms with Gasteiger partial charge in [0.2, 0.25) is 0 Å². The van der Waals surface area contributed by atoms with Crippen LogP contribution in [0.4, 0.5) is 4.39 Å². The average Bonchev–Trinajstić information content (AvgIpc) is 2.74. The van der Waals surface area contributed by atoms with Gasteiger partial charge < -0.3 is 19.9 Å². The minimum Gasteiger partial charge on any atom is -0.493 e. The Kier molecular flexibility index (Phi) is 7.00. The first-order chi connectivity index (χ1) is 13.7. The Morgan fingerprint density at radius 1 is 0.964 bits per heavy atom. The van der Waals surface area contributed by atoms with Gasteiger partial charge in [0.15, 0.2) is 11.5 Å². The molecular formula is C23H24FNO3. The fraction of sp³-hybridized carbons (Fsp3) is 0.217. The van der Waals surface area contributed by atoms with E-state index in [-0.39, 0.29) is 5.82 Å². The summed E-state index contributed by atoms with van der Waals surface area (Å²) in [5.74, 6) is 0.990. The monoisotopic (exact) mass is 381 g/mol. The Balaban J connectivity index is 1.64. The van der Waals surface area contributed by atoms with Crippen LogP contribution in [0.15, 0.2) is 72.8 Å². The molecule has 0 aromatic heterocycles. The minimum absolute atomic E-state index is 0.275. The molecule has 5 heteroatoms. The minimum atomic E-state index is -0.588. The van der Waals surface area contributed by atoms with Gasteiger partial charge in [-0.25, -0.2) is 4.39 Å². The summed E-state index contributed by atoms with van der Waals surface area (Å²) in [4.78, 5) is 0. The van der Waals surface area contributed by atoms with E-state index in [0.29, 0.717) is 31.2 Å². The number of methoxy groups -OCH3 is 1. The molecule has 28 heavy (non-hydrogen) atoms. The van der Waals surface area contributed by atoms with E-state index >= 15 is 0 Å². The normalized spacial score (nSPS) is 11.8. The van der Waals surface area contributed by atoms with E-state index in [1.54, 1.807) is 19.2 Å². The van der Waals surface area contributed by atoms with Crippen molar-refractivity contribution in [2.75, 3.05) is 13.7 Å². The first-order valence-electron chi connectivity index (χ1n) is 9.14. The third-order valence-electron chi connectivity index (χ3n) is 4.41. The van der Waals surface area contributed by atoms with Gasteiger partial charge in [0.1, 0.15) is 12.4 Å². The highest BCUT2D eigenvalue weighted by molar-refractivity contribution is 5.46. The molecule has 0 saturated heterocycles. The Morgan fingerprint density at radius 2 is 1.71 bits per heavy atom. The molecule has 0 aliphatic carbocycles. The topological polar surface area (TPSA) is 50.7 Å². The Labute approximate surface area is 164 Å². The molecule has 3 aromatic carbocycles. The van der Waals surface area contributed by atoms with Crippen molar-refractivity contribution in [3.05, 3.63) is 95.3 Å². The molecule has 1 unspecified atom stereocenters. The number of nitrogens with one attached hydrogen (secondary N) is 1. The summed E-state index contributed by atoms with van der Waals surface area (Å²) in [6, 6.07) is 21.4. The molecule has 0 aliphatic rings. The predicted molar refractivity (Wildman–Crippen MR) is 107 cm³/mol. The molecular weight excluding hydrogens is 357 g/mol. The van der Waals surface area contributed by atoms with Crippen LogP contribution in [0, 0.1) is 5.82 Å². The number of aliphatic hydroxyl groups excluding tert-OH is 1. The van der Waals surface area contributed by atoms with Crippen molar-refractivity contribution in [3.8, 4) is 11.5 Å². The summed E-state index contributed by atoms with van der Waals surface area (Å²) >= 11 is 0. The van der Waals surface area contributed by atoms with E-state index in [1.807, 2.05) is 48.5 Å². The van der Waals surface area contributed by atoms with Gasteiger partial charge in [-0.3, -0.25) is 0 Å². The van der Waals surface area contributed by atoms with Gasteiger partial charge in [-0.2, -0.15) is 0 Å². The number of ether oxygens (including phenoxy) is 2. The van der Waals surface area contributed by atoms with Crippen molar-refractivity contribution in [1.29, 1.82) is 0 Å². The standard InChI is InChI=1S/C23H24FNO3/c1-27-22-9-5-8-19(14-25-15-21(26)18-6-3-2-4-7-18)23(22)28-16-17-10-12-20(24)13-11-17/h2-13,21,25-26H,14-16H2,1H3. The zero-order chi connectivity index (χ0) is 19.8. The third kappa shape index (κ3) is 5.31. The molecule has 2 N–H and O–H groups in total. The summed E-state index contributed by atoms with van der Waals surface area (Å²) in [5.41, 5.74) is 2.65. The van der Waals surface area contributed by atoms with Gasteiger partial charge in [-0.15, -0.1) is 0 Å². The van der Waals surface area contributed by atoms with E-state index in [2.05, 4.69) is 5.32 Å². The first-order valence-corrected chi connectivity index (χ1v) is 9.14. The zero-order valence-corrected chi connectivity index (χ0v) is 15.8. The molecule has 0 bridgehead atoms. The maximum Gasteiger partial charge on any atom is 0.166 e. The smallest absolute Gasteiger partial charge is 0.166 e. The van der Waals surface area contributed by atoms with Crippen LogP contribution in [0.5, 0.6) is 11.5 Å². The summed E-state index contributed by atoms with van der Waals surface area (Å²) in [7, 11) is 1.59. The van der Waals surface area contributed by atoms with Crippen molar-refractivity contribution < 1.29 is 19.0 Å². The SMILES string of the molecule is COc1cccc(CNCC(O)c2ccccc2)c1OCc1ccc(F)cc1. The van der Waals surface area contributed by atoms with E-state index in [1.165, 1.54) is 12.1 Å². The van der Waals surface area contributed by atoms with Gasteiger partial charge in [-0.05, 0) is 29.3 Å². The molecule has 0 amide bonds. The van der Waals surface area contributed by atoms with Crippen molar-refractivity contribution in [1.82, 2.24) is 5.32 Å². The maximum atomic E-state index is 13.1. The number of aliphatic hydroxyl groups is 1. The number of benzene rings is 3. The molecule has 0 radical (unpaired) electrons. The van der Waals surface area contributed by atoms with Gasteiger partial charge in [0, 0.05) is 18.7 Å². The van der Waals surface area contributed by atoms with Crippen LogP contribution in [-0.2, 0) is 13.2 Å². The van der Waals surface area contributed by atoms with Crippen LogP contribution in [0.2, 0.25) is 0 Å². The Hall–Kier alpha value is -2.89. The van der Waals surface area contributed by atoms with Crippen molar-refractivity contribution in [2.45, 2.75) is 19.3 Å². The fourth-order valence-electron chi connectivity index (χ4n) is 2.90. The molecule has 0 fully saturated rings. The lowest BCUT2D eigenvalue weighted by Crippen LogP contribution is -2.21. The zero-order valence-electron chi connectivity index (χ0n) is 15.8. The highest BCUT2D eigenvalue weighted by Crippen LogP contribution is 2.32. The van der Waals surface area contributed by atoms with Crippen LogP contribution in [0.1, 0.15) is 22.8 Å². The second kappa shape index (κ2) is 9.88. The van der Waals surface area contributed by atoms with Crippen molar-refractivity contribution >= 4 is 0 Å². The van der Waals surface area contributed by atoms with Crippen LogP contribution in [-0.4, -0.2) is 18.8 Å². The second-order valence-corrected chi connectivity index (χ2v) is 6.42. The van der Waals surface area contributed by atoms with Crippen LogP contribution in [0.25, 0.3) is 0 Å². The summed E-state index contributed by atoms with van der Waals surface area (Å²) < 4.78 is 24.5. The van der Waals surface area contributed by atoms with Gasteiger partial charge in [0.25, 0.3) is 0 Å². The summed E-state index contributed by atoms with van der Waals surface area (Å²) in [6.07, 6.45) is -0.588. The number of hydrogen-bond acceptors (Lipinski definition) is 4. The van der Waals surface area contributed by atoms with E-state index < -0.39 is 6.10 Å². The first kappa shape index (κ1) is 19.9. The predicted octanol–water partition coefficient (Wildman–Crippen LogP) is 4.24. The quantitative estimate of drug-likeness (QED) is 0.582. The lowest BCUT2D eigenvalue weighted by atomic mass is 10.1. The summed E-state index contributed by atoms with van der Waals surface area (Å²) in [5, 5.41) is 13.6. The highest BCUT2D eigenvalue weighted by Gasteiger charge is 2.12. The van der Waals surface area contributed by atoms with Crippen molar-refractivity contribution in [2.24, 2.45) is 0 Å². The van der Waals surface area contributed by atoms with E-state index in [9.17, 15) is 9.50 Å². The molecule has 4 nitrogen and oxygen atoms in total. The van der Waals surface area contributed by atoms with Gasteiger partial charge >= 0.3 is 0 Å². The van der Waals surface area contributed by atoms with Gasteiger partial charge in [-0.1, -0.05) is 54.6 Å². The number of para-hydroxylation sites is 1. The fourth-order valence-corrected chi connectivity index (χ4v) is 2.90. The van der Waals surface area contributed by atoms with Crippen LogP contribution in [0.3, 0.4) is 0 Å². The van der Waals surface area contributed by atoms with E-state index in [4.69, 9.17) is 9.47 Å². The number of rotatable bonds is 9. The van der Waals surface area contributed by atoms with Crippen LogP contribution < -0.4 is 14.8 Å². The van der Waals surface area contributed by atoms with Crippen molar-refractivity contribution in [3.63, 3.8) is 0 Å². The molecule has 0 saturated carbocycles. The Morgan fingerprint density at radius 3 is 2.43 bits per heavy atom.